The Morgan fingerprint density at radius 1 is 1.06 bits per heavy atom. The Morgan fingerprint density at radius 3 is 2.34 bits per heavy atom. The molecule has 8 heteroatoms. The summed E-state index contributed by atoms with van der Waals surface area (Å²) in [7, 11) is 4.07. The molecule has 1 atom stereocenters. The average molecular weight is 452 g/mol. The van der Waals surface area contributed by atoms with E-state index in [0.29, 0.717) is 23.0 Å². The second kappa shape index (κ2) is 11.1. The lowest BCUT2D eigenvalue weighted by atomic mass is 10.1. The highest BCUT2D eigenvalue weighted by Crippen LogP contribution is 2.26. The molecule has 7 nitrogen and oxygen atoms in total. The summed E-state index contributed by atoms with van der Waals surface area (Å²) in [4.78, 5) is 26.1. The van der Waals surface area contributed by atoms with E-state index in [0.717, 1.165) is 17.8 Å². The van der Waals surface area contributed by atoms with Crippen molar-refractivity contribution in [2.45, 2.75) is 38.0 Å². The number of benzene rings is 2. The van der Waals surface area contributed by atoms with Crippen LogP contribution in [0, 0.1) is 0 Å². The molecule has 0 aliphatic rings. The number of hydrogen-bond acceptors (Lipinski definition) is 6. The molecule has 168 valence electrons. The molecule has 0 aliphatic carbocycles. The van der Waals surface area contributed by atoms with Crippen molar-refractivity contribution >= 4 is 29.1 Å². The highest BCUT2D eigenvalue weighted by Gasteiger charge is 2.22. The Bertz CT molecular complexity index is 1050. The van der Waals surface area contributed by atoms with Gasteiger partial charge in [-0.05, 0) is 57.3 Å². The lowest BCUT2D eigenvalue weighted by Gasteiger charge is -2.23. The molecule has 0 spiro atoms. The summed E-state index contributed by atoms with van der Waals surface area (Å²) in [5, 5.41) is 12.5. The topological polar surface area (TPSA) is 80.1 Å². The number of thioether (sulfide) groups is 1. The maximum Gasteiger partial charge on any atom is 0.234 e. The maximum atomic E-state index is 12.5. The standard InChI is InChI=1S/C24H29N5O2S/c1-5-21(28(3)4)23-26-27-24(29(23)15-18-9-7-6-8-10-18)32-16-22(31)25-20-13-11-19(12-14-20)17(2)30/h6-14,21H,5,15-16H2,1-4H3,(H,25,31)/t21-/m1/s1. The summed E-state index contributed by atoms with van der Waals surface area (Å²) in [5.74, 6) is 0.959. The molecule has 0 unspecified atom stereocenters. The quantitative estimate of drug-likeness (QED) is 0.366. The first-order chi connectivity index (χ1) is 15.4. The van der Waals surface area contributed by atoms with E-state index in [2.05, 4.69) is 44.0 Å². The van der Waals surface area contributed by atoms with E-state index in [4.69, 9.17) is 0 Å². The fourth-order valence-corrected chi connectivity index (χ4v) is 4.21. The lowest BCUT2D eigenvalue weighted by Crippen LogP contribution is -2.23. The summed E-state index contributed by atoms with van der Waals surface area (Å²) >= 11 is 1.37. The van der Waals surface area contributed by atoms with Crippen molar-refractivity contribution in [3.8, 4) is 0 Å². The van der Waals surface area contributed by atoms with Gasteiger partial charge in [0, 0.05) is 11.3 Å². The molecule has 0 saturated carbocycles. The number of nitrogens with zero attached hydrogens (tertiary/aromatic N) is 4. The Morgan fingerprint density at radius 2 is 1.75 bits per heavy atom. The van der Waals surface area contributed by atoms with E-state index in [1.807, 2.05) is 32.3 Å². The van der Waals surface area contributed by atoms with Gasteiger partial charge in [0.1, 0.15) is 0 Å². The summed E-state index contributed by atoms with van der Waals surface area (Å²) in [6.45, 7) is 4.29. The molecule has 0 bridgehead atoms. The summed E-state index contributed by atoms with van der Waals surface area (Å²) in [6.07, 6.45) is 0.904. The smallest absolute Gasteiger partial charge is 0.234 e. The van der Waals surface area contributed by atoms with Crippen LogP contribution in [0.1, 0.15) is 48.1 Å². The second-order valence-corrected chi connectivity index (χ2v) is 8.71. The van der Waals surface area contributed by atoms with Crippen LogP contribution in [0.3, 0.4) is 0 Å². The van der Waals surface area contributed by atoms with Gasteiger partial charge in [-0.15, -0.1) is 10.2 Å². The molecule has 0 aliphatic heterocycles. The number of Topliss-reactive ketones (excluding diaryl/α,β-unsaturated/α-hetero) is 1. The highest BCUT2D eigenvalue weighted by molar-refractivity contribution is 7.99. The van der Waals surface area contributed by atoms with Crippen molar-refractivity contribution in [1.29, 1.82) is 0 Å². The molecular formula is C24H29N5O2S. The minimum atomic E-state index is -0.138. The van der Waals surface area contributed by atoms with E-state index in [9.17, 15) is 9.59 Å². The van der Waals surface area contributed by atoms with Crippen LogP contribution in [0.5, 0.6) is 0 Å². The molecule has 2 aromatic carbocycles. The zero-order valence-electron chi connectivity index (χ0n) is 18.9. The van der Waals surface area contributed by atoms with Gasteiger partial charge in [0.2, 0.25) is 5.91 Å². The number of carbonyl (C=O) groups is 2. The van der Waals surface area contributed by atoms with Gasteiger partial charge in [0.05, 0.1) is 18.3 Å². The Labute approximate surface area is 193 Å². The Hall–Kier alpha value is -2.97. The predicted molar refractivity (Wildman–Crippen MR) is 128 cm³/mol. The second-order valence-electron chi connectivity index (χ2n) is 7.77. The van der Waals surface area contributed by atoms with Crippen molar-refractivity contribution in [3.05, 3.63) is 71.5 Å². The van der Waals surface area contributed by atoms with E-state index in [1.54, 1.807) is 24.3 Å². The van der Waals surface area contributed by atoms with Crippen molar-refractivity contribution in [2.75, 3.05) is 25.2 Å². The molecule has 1 aromatic heterocycles. The van der Waals surface area contributed by atoms with Gasteiger partial charge in [0.15, 0.2) is 16.8 Å². The number of rotatable bonds is 10. The van der Waals surface area contributed by atoms with Crippen LogP contribution in [0.2, 0.25) is 0 Å². The fourth-order valence-electron chi connectivity index (χ4n) is 3.46. The third-order valence-corrected chi connectivity index (χ3v) is 6.11. The SMILES string of the molecule is CC[C@H](c1nnc(SCC(=O)Nc2ccc(C(C)=O)cc2)n1Cc1ccccc1)N(C)C. The van der Waals surface area contributed by atoms with E-state index >= 15 is 0 Å². The van der Waals surface area contributed by atoms with Crippen LogP contribution in [0.25, 0.3) is 0 Å². The molecule has 1 heterocycles. The van der Waals surface area contributed by atoms with Crippen LogP contribution in [0.15, 0.2) is 59.8 Å². The van der Waals surface area contributed by atoms with Gasteiger partial charge < -0.3 is 9.88 Å². The Kier molecular flexibility index (Phi) is 8.19. The zero-order valence-corrected chi connectivity index (χ0v) is 19.7. The molecule has 3 aromatic rings. The molecule has 0 radical (unpaired) electrons. The molecule has 1 amide bonds. The first-order valence-corrected chi connectivity index (χ1v) is 11.5. The van der Waals surface area contributed by atoms with Gasteiger partial charge in [-0.25, -0.2) is 0 Å². The van der Waals surface area contributed by atoms with Gasteiger partial charge >= 0.3 is 0 Å². The number of nitrogens with one attached hydrogen (secondary N) is 1. The van der Waals surface area contributed by atoms with Gasteiger partial charge in [-0.1, -0.05) is 49.0 Å². The lowest BCUT2D eigenvalue weighted by molar-refractivity contribution is -0.113. The minimum Gasteiger partial charge on any atom is -0.325 e. The maximum absolute atomic E-state index is 12.5. The van der Waals surface area contributed by atoms with Crippen LogP contribution < -0.4 is 5.32 Å². The monoisotopic (exact) mass is 451 g/mol. The van der Waals surface area contributed by atoms with Crippen molar-refractivity contribution in [3.63, 3.8) is 0 Å². The zero-order chi connectivity index (χ0) is 23.1. The van der Waals surface area contributed by atoms with E-state index in [-0.39, 0.29) is 23.5 Å². The Balaban J connectivity index is 1.74. The van der Waals surface area contributed by atoms with Gasteiger partial charge in [-0.2, -0.15) is 0 Å². The fraction of sp³-hybridized carbons (Fsp3) is 0.333. The first-order valence-electron chi connectivity index (χ1n) is 10.6. The number of ketones is 1. The average Bonchev–Trinajstić information content (AvgIpc) is 3.15. The molecular weight excluding hydrogens is 422 g/mol. The number of hydrogen-bond donors (Lipinski definition) is 1. The number of amides is 1. The summed E-state index contributed by atoms with van der Waals surface area (Å²) < 4.78 is 2.10. The van der Waals surface area contributed by atoms with Gasteiger partial charge in [0.25, 0.3) is 0 Å². The molecule has 0 saturated heterocycles. The minimum absolute atomic E-state index is 0.00454. The molecule has 3 rings (SSSR count). The van der Waals surface area contributed by atoms with E-state index in [1.165, 1.54) is 18.7 Å². The first kappa shape index (κ1) is 23.7. The van der Waals surface area contributed by atoms with Crippen molar-refractivity contribution < 1.29 is 9.59 Å². The van der Waals surface area contributed by atoms with Crippen molar-refractivity contribution in [1.82, 2.24) is 19.7 Å². The van der Waals surface area contributed by atoms with Crippen LogP contribution in [-0.4, -0.2) is 51.2 Å². The molecule has 1 N–H and O–H groups in total. The van der Waals surface area contributed by atoms with Crippen LogP contribution in [-0.2, 0) is 11.3 Å². The summed E-state index contributed by atoms with van der Waals surface area (Å²) in [6, 6.07) is 17.2. The molecule has 32 heavy (non-hydrogen) atoms. The largest absolute Gasteiger partial charge is 0.325 e. The normalized spacial score (nSPS) is 12.0. The predicted octanol–water partition coefficient (Wildman–Crippen LogP) is 4.27. The van der Waals surface area contributed by atoms with Crippen LogP contribution in [0.4, 0.5) is 5.69 Å². The van der Waals surface area contributed by atoms with E-state index < -0.39 is 0 Å². The highest BCUT2D eigenvalue weighted by atomic mass is 32.2. The van der Waals surface area contributed by atoms with Crippen molar-refractivity contribution in [2.24, 2.45) is 0 Å². The third kappa shape index (κ3) is 6.05. The third-order valence-electron chi connectivity index (χ3n) is 5.14. The molecule has 0 fully saturated rings. The van der Waals surface area contributed by atoms with Gasteiger partial charge in [-0.3, -0.25) is 14.5 Å². The number of aromatic nitrogens is 3. The summed E-state index contributed by atoms with van der Waals surface area (Å²) in [5.41, 5.74) is 2.43. The number of anilines is 1. The van der Waals surface area contributed by atoms with Crippen LogP contribution >= 0.6 is 11.8 Å². The number of carbonyl (C=O) groups excluding carboxylic acids is 2.